The molecule has 6 rings (SSSR count). The van der Waals surface area contributed by atoms with E-state index in [9.17, 15) is 11.9 Å². The van der Waals surface area contributed by atoms with Crippen LogP contribution in [0, 0.1) is 28.1 Å². The van der Waals surface area contributed by atoms with Crippen molar-refractivity contribution in [2.75, 3.05) is 17.2 Å². The molecule has 0 unspecified atom stereocenters. The second-order valence-corrected chi connectivity index (χ2v) is 10.9. The van der Waals surface area contributed by atoms with Crippen molar-refractivity contribution in [3.63, 3.8) is 0 Å². The normalized spacial score (nSPS) is 17.9. The molecule has 8 nitrogen and oxygen atoms in total. The minimum Gasteiger partial charge on any atom is -0.383 e. The lowest BCUT2D eigenvalue weighted by Crippen LogP contribution is -2.33. The molecule has 0 bridgehead atoms. The van der Waals surface area contributed by atoms with Gasteiger partial charge >= 0.3 is 0 Å². The summed E-state index contributed by atoms with van der Waals surface area (Å²) in [6.45, 7) is 2.99. The van der Waals surface area contributed by atoms with Crippen molar-refractivity contribution in [3.8, 4) is 12.1 Å². The number of rotatable bonds is 8. The number of nitrogens with one attached hydrogen (secondary N) is 2. The molecule has 2 heterocycles. The molecule has 2 aromatic heterocycles. The van der Waals surface area contributed by atoms with Crippen molar-refractivity contribution in [1.29, 1.82) is 10.5 Å². The second-order valence-electron chi connectivity index (χ2n) is 10.5. The molecule has 0 amide bonds. The molecule has 9 heteroatoms. The van der Waals surface area contributed by atoms with Gasteiger partial charge in [-0.05, 0) is 60.9 Å². The minimum atomic E-state index is -1.57. The van der Waals surface area contributed by atoms with Gasteiger partial charge in [-0.15, -0.1) is 5.10 Å². The van der Waals surface area contributed by atoms with Gasteiger partial charge in [0.2, 0.25) is 0 Å². The largest absolute Gasteiger partial charge is 0.383 e. The summed E-state index contributed by atoms with van der Waals surface area (Å²) < 4.78 is 11.4. The number of aromatic nitrogens is 4. The van der Waals surface area contributed by atoms with Crippen LogP contribution in [0.5, 0.6) is 0 Å². The maximum Gasteiger partial charge on any atom is 0.109 e. The molecule has 4 aromatic rings. The zero-order chi connectivity index (χ0) is 27.2. The van der Waals surface area contributed by atoms with E-state index in [4.69, 9.17) is 11.6 Å². The summed E-state index contributed by atoms with van der Waals surface area (Å²) in [5.41, 5.74) is 3.83. The van der Waals surface area contributed by atoms with Crippen molar-refractivity contribution < 1.29 is 1.37 Å². The van der Waals surface area contributed by atoms with Crippen molar-refractivity contribution >= 4 is 33.9 Å². The number of nitrogens with zero attached hydrogens (tertiary/aromatic N) is 6. The molecule has 2 N–H and O–H groups in total. The third kappa shape index (κ3) is 4.64. The second kappa shape index (κ2) is 9.63. The number of benzene rings is 2. The van der Waals surface area contributed by atoms with Gasteiger partial charge in [0, 0.05) is 23.8 Å². The Kier molecular flexibility index (Phi) is 5.83. The van der Waals surface area contributed by atoms with Crippen molar-refractivity contribution in [3.05, 3.63) is 76.2 Å². The van der Waals surface area contributed by atoms with E-state index in [2.05, 4.69) is 45.0 Å². The van der Waals surface area contributed by atoms with E-state index < -0.39 is 6.02 Å². The summed E-state index contributed by atoms with van der Waals surface area (Å²) in [5, 5.41) is 35.9. The number of pyridine rings is 1. The van der Waals surface area contributed by atoms with E-state index >= 15 is 0 Å². The van der Waals surface area contributed by atoms with Crippen LogP contribution in [0.4, 0.5) is 11.4 Å². The molecule has 0 aliphatic heterocycles. The number of hydrogen-bond acceptors (Lipinski definition) is 7. The van der Waals surface area contributed by atoms with Crippen LogP contribution in [-0.2, 0) is 0 Å². The van der Waals surface area contributed by atoms with E-state index in [0.717, 1.165) is 32.2 Å². The lowest BCUT2D eigenvalue weighted by Gasteiger charge is -2.38. The topological polar surface area (TPSA) is 115 Å². The zero-order valence-electron chi connectivity index (χ0n) is 22.0. The zero-order valence-corrected chi connectivity index (χ0v) is 21.8. The van der Waals surface area contributed by atoms with Gasteiger partial charge in [-0.1, -0.05) is 42.3 Å². The fraction of sp³-hybridized carbons (Fsp3) is 0.345. The quantitative estimate of drug-likeness (QED) is 0.276. The fourth-order valence-corrected chi connectivity index (χ4v) is 5.22. The Balaban J connectivity index is 1.45. The Labute approximate surface area is 227 Å². The predicted octanol–water partition coefficient (Wildman–Crippen LogP) is 6.36. The van der Waals surface area contributed by atoms with Crippen LogP contribution in [-0.4, -0.2) is 26.5 Å². The monoisotopic (exact) mass is 523 g/mol. The highest BCUT2D eigenvalue weighted by molar-refractivity contribution is 6.35. The maximum absolute atomic E-state index is 9.85. The Hall–Kier alpha value is -4.14. The first kappa shape index (κ1) is 23.0. The fourth-order valence-electron chi connectivity index (χ4n) is 4.95. The molecule has 1 atom stereocenters. The van der Waals surface area contributed by atoms with Gasteiger partial charge in [0.05, 0.1) is 53.1 Å². The predicted molar refractivity (Wildman–Crippen MR) is 147 cm³/mol. The number of anilines is 2. The molecular weight excluding hydrogens is 496 g/mol. The molecule has 2 aromatic carbocycles. The highest BCUT2D eigenvalue weighted by atomic mass is 35.5. The summed E-state index contributed by atoms with van der Waals surface area (Å²) in [7, 11) is 0. The average molecular weight is 524 g/mol. The van der Waals surface area contributed by atoms with Crippen molar-refractivity contribution in [2.45, 2.75) is 51.1 Å². The van der Waals surface area contributed by atoms with E-state index in [-0.39, 0.29) is 5.41 Å². The van der Waals surface area contributed by atoms with Crippen LogP contribution in [0.25, 0.3) is 10.9 Å². The van der Waals surface area contributed by atoms with Crippen LogP contribution >= 0.6 is 11.6 Å². The molecule has 2 saturated carbocycles. The first-order chi connectivity index (χ1) is 18.8. The SMILES string of the molecule is [2H][C@](Nc1cc(Cl)c2ncc(C#N)c(NCC3(C)CCC3)c2c1)(c1cccc(C#N)c1)c1cn(C2CC2)nn1. The number of nitriles is 2. The lowest BCUT2D eigenvalue weighted by atomic mass is 9.70. The Morgan fingerprint density at radius 3 is 2.79 bits per heavy atom. The van der Waals surface area contributed by atoms with Crippen LogP contribution in [0.2, 0.25) is 5.02 Å². The molecule has 190 valence electrons. The van der Waals surface area contributed by atoms with Gasteiger partial charge in [-0.25, -0.2) is 4.68 Å². The summed E-state index contributed by atoms with van der Waals surface area (Å²) in [6, 6.07) is 13.7. The van der Waals surface area contributed by atoms with Gasteiger partial charge in [0.25, 0.3) is 0 Å². The first-order valence-electron chi connectivity index (χ1n) is 13.3. The number of halogens is 1. The molecule has 2 fully saturated rings. The standard InChI is InChI=1S/C29H27ClN8/c1-29(8-3-9-29)17-34-26-20(14-32)15-33-28-23(26)11-21(12-24(28)30)35-27(19-5-2-4-18(10-19)13-31)25-16-38(37-36-25)22-6-7-22/h2,4-5,10-12,15-16,22,27,35H,3,6-9,17H2,1H3,(H,33,34)/t27-/m0/s1/i27D. The minimum absolute atomic E-state index is 0.192. The average Bonchev–Trinajstić information content (AvgIpc) is 3.66. The molecule has 2 aliphatic carbocycles. The lowest BCUT2D eigenvalue weighted by molar-refractivity contribution is 0.180. The van der Waals surface area contributed by atoms with E-state index in [1.54, 1.807) is 47.4 Å². The van der Waals surface area contributed by atoms with Gasteiger partial charge < -0.3 is 10.6 Å². The first-order valence-corrected chi connectivity index (χ1v) is 13.2. The van der Waals surface area contributed by atoms with E-state index in [1.165, 1.54) is 6.42 Å². The third-order valence-corrected chi connectivity index (χ3v) is 7.82. The highest BCUT2D eigenvalue weighted by Crippen LogP contribution is 2.42. The summed E-state index contributed by atoms with van der Waals surface area (Å²) >= 11 is 6.73. The van der Waals surface area contributed by atoms with Gasteiger partial charge in [-0.3, -0.25) is 4.98 Å². The van der Waals surface area contributed by atoms with E-state index in [1.807, 2.05) is 6.07 Å². The van der Waals surface area contributed by atoms with Crippen molar-refractivity contribution in [2.24, 2.45) is 5.41 Å². The van der Waals surface area contributed by atoms with Gasteiger partial charge in [0.15, 0.2) is 0 Å². The maximum atomic E-state index is 9.85. The Bertz CT molecular complexity index is 1660. The summed E-state index contributed by atoms with van der Waals surface area (Å²) in [6.07, 6.45) is 8.91. The molecule has 0 spiro atoms. The Morgan fingerprint density at radius 2 is 2.08 bits per heavy atom. The number of fused-ring (bicyclic) bond motifs is 1. The molecular formula is C29H27ClN8. The van der Waals surface area contributed by atoms with Crippen LogP contribution < -0.4 is 10.6 Å². The van der Waals surface area contributed by atoms with Crippen LogP contribution in [0.3, 0.4) is 0 Å². The molecule has 38 heavy (non-hydrogen) atoms. The summed E-state index contributed by atoms with van der Waals surface area (Å²) in [5.74, 6) is 0. The summed E-state index contributed by atoms with van der Waals surface area (Å²) in [4.78, 5) is 4.47. The van der Waals surface area contributed by atoms with Crippen LogP contribution in [0.1, 0.15) is 74.8 Å². The number of hydrogen-bond donors (Lipinski definition) is 2. The molecule has 0 saturated heterocycles. The van der Waals surface area contributed by atoms with Crippen LogP contribution in [0.15, 0.2) is 48.8 Å². The third-order valence-electron chi connectivity index (χ3n) is 7.53. The Morgan fingerprint density at radius 1 is 1.24 bits per heavy atom. The van der Waals surface area contributed by atoms with Gasteiger partial charge in [0.1, 0.15) is 11.8 Å². The van der Waals surface area contributed by atoms with E-state index in [0.29, 0.717) is 55.7 Å². The molecule has 0 radical (unpaired) electrons. The molecule has 2 aliphatic rings. The van der Waals surface area contributed by atoms with Crippen molar-refractivity contribution in [1.82, 2.24) is 20.0 Å². The smallest absolute Gasteiger partial charge is 0.109 e. The van der Waals surface area contributed by atoms with Gasteiger partial charge in [-0.2, -0.15) is 10.5 Å². The highest BCUT2D eigenvalue weighted by Gasteiger charge is 2.32.